The highest BCUT2D eigenvalue weighted by Gasteiger charge is 2.27. The Labute approximate surface area is 84.7 Å². The molecule has 14 heavy (non-hydrogen) atoms. The van der Waals surface area contributed by atoms with Crippen LogP contribution in [0.4, 0.5) is 0 Å². The second kappa shape index (κ2) is 4.57. The predicted molar refractivity (Wildman–Crippen MR) is 55.9 cm³/mol. The van der Waals surface area contributed by atoms with E-state index in [4.69, 9.17) is 5.73 Å². The summed E-state index contributed by atoms with van der Waals surface area (Å²) < 4.78 is 1.98. The maximum Gasteiger partial charge on any atom is 0.0536 e. The third kappa shape index (κ3) is 2.56. The van der Waals surface area contributed by atoms with Gasteiger partial charge in [-0.05, 0) is 18.9 Å². The van der Waals surface area contributed by atoms with Gasteiger partial charge in [-0.1, -0.05) is 0 Å². The van der Waals surface area contributed by atoms with Crippen LogP contribution in [0.15, 0.2) is 18.5 Å². The lowest BCUT2D eigenvalue weighted by Crippen LogP contribution is -2.34. The molecule has 1 fully saturated rings. The van der Waals surface area contributed by atoms with Gasteiger partial charge in [-0.25, -0.2) is 0 Å². The largest absolute Gasteiger partial charge is 0.329 e. The summed E-state index contributed by atoms with van der Waals surface area (Å²) in [7, 11) is 0. The van der Waals surface area contributed by atoms with E-state index >= 15 is 0 Å². The van der Waals surface area contributed by atoms with Crippen LogP contribution in [-0.2, 0) is 6.54 Å². The van der Waals surface area contributed by atoms with Crippen molar-refractivity contribution in [3.05, 3.63) is 18.5 Å². The van der Waals surface area contributed by atoms with E-state index in [1.165, 1.54) is 12.8 Å². The quantitative estimate of drug-likeness (QED) is 0.709. The number of rotatable bonds is 6. The lowest BCUT2D eigenvalue weighted by Gasteiger charge is -2.20. The van der Waals surface area contributed by atoms with Gasteiger partial charge < -0.3 is 5.73 Å². The summed E-state index contributed by atoms with van der Waals surface area (Å²) in [6.45, 7) is 3.83. The summed E-state index contributed by atoms with van der Waals surface area (Å²) in [5, 5.41) is 4.19. The van der Waals surface area contributed by atoms with Crippen molar-refractivity contribution in [3.8, 4) is 0 Å². The van der Waals surface area contributed by atoms with Gasteiger partial charge >= 0.3 is 0 Å². The summed E-state index contributed by atoms with van der Waals surface area (Å²) in [5.74, 6) is 0. The van der Waals surface area contributed by atoms with Crippen LogP contribution in [0.2, 0.25) is 0 Å². The fourth-order valence-corrected chi connectivity index (χ4v) is 1.75. The van der Waals surface area contributed by atoms with Crippen molar-refractivity contribution in [2.75, 3.05) is 19.6 Å². The molecular weight excluding hydrogens is 176 g/mol. The molecule has 0 atom stereocenters. The van der Waals surface area contributed by atoms with E-state index < -0.39 is 0 Å². The molecule has 1 aliphatic rings. The van der Waals surface area contributed by atoms with Crippen LogP contribution >= 0.6 is 0 Å². The van der Waals surface area contributed by atoms with E-state index in [2.05, 4.69) is 10.00 Å². The highest BCUT2D eigenvalue weighted by atomic mass is 15.3. The molecule has 0 saturated heterocycles. The molecule has 1 saturated carbocycles. The third-order valence-electron chi connectivity index (χ3n) is 2.66. The van der Waals surface area contributed by atoms with E-state index in [-0.39, 0.29) is 0 Å². The second-order valence-electron chi connectivity index (χ2n) is 3.82. The minimum absolute atomic E-state index is 0.760. The molecule has 2 N–H and O–H groups in total. The van der Waals surface area contributed by atoms with Crippen molar-refractivity contribution < 1.29 is 0 Å². The number of aromatic nitrogens is 2. The van der Waals surface area contributed by atoms with E-state index in [9.17, 15) is 0 Å². The topological polar surface area (TPSA) is 47.1 Å². The number of hydrogen-bond acceptors (Lipinski definition) is 3. The van der Waals surface area contributed by atoms with E-state index in [0.717, 1.165) is 32.2 Å². The molecule has 0 amide bonds. The van der Waals surface area contributed by atoms with Crippen LogP contribution < -0.4 is 5.73 Å². The minimum atomic E-state index is 0.760. The summed E-state index contributed by atoms with van der Waals surface area (Å²) >= 11 is 0. The lowest BCUT2D eigenvalue weighted by atomic mass is 10.4. The number of nitrogens with two attached hydrogens (primary N) is 1. The Morgan fingerprint density at radius 1 is 1.43 bits per heavy atom. The van der Waals surface area contributed by atoms with Crippen molar-refractivity contribution in [1.82, 2.24) is 14.7 Å². The molecule has 4 heteroatoms. The van der Waals surface area contributed by atoms with Gasteiger partial charge in [-0.2, -0.15) is 5.10 Å². The first-order chi connectivity index (χ1) is 6.90. The molecule has 1 aromatic heterocycles. The van der Waals surface area contributed by atoms with E-state index in [1.807, 2.05) is 23.1 Å². The van der Waals surface area contributed by atoms with E-state index in [0.29, 0.717) is 0 Å². The number of nitrogens with zero attached hydrogens (tertiary/aromatic N) is 3. The van der Waals surface area contributed by atoms with Crippen LogP contribution in [0.1, 0.15) is 12.8 Å². The molecule has 0 aliphatic heterocycles. The molecule has 78 valence electrons. The average molecular weight is 194 g/mol. The van der Waals surface area contributed by atoms with Gasteiger partial charge in [0.2, 0.25) is 0 Å². The van der Waals surface area contributed by atoms with Gasteiger partial charge in [-0.3, -0.25) is 9.58 Å². The highest BCUT2D eigenvalue weighted by molar-refractivity contribution is 4.85. The van der Waals surface area contributed by atoms with Gasteiger partial charge in [0.1, 0.15) is 0 Å². The molecule has 0 unspecified atom stereocenters. The molecule has 0 bridgehead atoms. The fraction of sp³-hybridized carbons (Fsp3) is 0.700. The van der Waals surface area contributed by atoms with Crippen LogP contribution in [-0.4, -0.2) is 40.4 Å². The zero-order chi connectivity index (χ0) is 9.80. The maximum absolute atomic E-state index is 5.58. The normalized spacial score (nSPS) is 16.4. The first kappa shape index (κ1) is 9.68. The van der Waals surface area contributed by atoms with Gasteiger partial charge in [-0.15, -0.1) is 0 Å². The third-order valence-corrected chi connectivity index (χ3v) is 2.66. The monoisotopic (exact) mass is 194 g/mol. The van der Waals surface area contributed by atoms with Crippen molar-refractivity contribution in [3.63, 3.8) is 0 Å². The van der Waals surface area contributed by atoms with Gasteiger partial charge in [0.15, 0.2) is 0 Å². The van der Waals surface area contributed by atoms with Crippen molar-refractivity contribution in [2.24, 2.45) is 5.73 Å². The Balaban J connectivity index is 1.76. The molecule has 1 aromatic rings. The minimum Gasteiger partial charge on any atom is -0.329 e. The van der Waals surface area contributed by atoms with Crippen LogP contribution in [0.25, 0.3) is 0 Å². The lowest BCUT2D eigenvalue weighted by molar-refractivity contribution is 0.255. The molecule has 2 rings (SSSR count). The fourth-order valence-electron chi connectivity index (χ4n) is 1.75. The summed E-state index contributed by atoms with van der Waals surface area (Å²) in [5.41, 5.74) is 5.58. The summed E-state index contributed by atoms with van der Waals surface area (Å²) in [4.78, 5) is 2.47. The van der Waals surface area contributed by atoms with Gasteiger partial charge in [0, 0.05) is 38.1 Å². The first-order valence-corrected chi connectivity index (χ1v) is 5.31. The van der Waals surface area contributed by atoms with E-state index in [1.54, 1.807) is 0 Å². The smallest absolute Gasteiger partial charge is 0.0536 e. The zero-order valence-corrected chi connectivity index (χ0v) is 8.47. The Kier molecular flexibility index (Phi) is 3.16. The molecule has 0 aromatic carbocycles. The maximum atomic E-state index is 5.58. The second-order valence-corrected chi connectivity index (χ2v) is 3.82. The highest BCUT2D eigenvalue weighted by Crippen LogP contribution is 2.26. The molecule has 0 radical (unpaired) electrons. The molecule has 1 heterocycles. The van der Waals surface area contributed by atoms with Gasteiger partial charge in [0.05, 0.1) is 6.54 Å². The average Bonchev–Trinajstić information content (AvgIpc) is 2.90. The van der Waals surface area contributed by atoms with Crippen molar-refractivity contribution in [1.29, 1.82) is 0 Å². The molecule has 0 spiro atoms. The Hall–Kier alpha value is -0.870. The zero-order valence-electron chi connectivity index (χ0n) is 8.47. The molecule has 1 aliphatic carbocycles. The Morgan fingerprint density at radius 3 is 2.86 bits per heavy atom. The Bertz CT molecular complexity index is 253. The van der Waals surface area contributed by atoms with Crippen molar-refractivity contribution in [2.45, 2.75) is 25.4 Å². The van der Waals surface area contributed by atoms with Crippen LogP contribution in [0, 0.1) is 0 Å². The summed E-state index contributed by atoms with van der Waals surface area (Å²) in [6.07, 6.45) is 6.52. The van der Waals surface area contributed by atoms with Crippen LogP contribution in [0.3, 0.4) is 0 Å². The van der Waals surface area contributed by atoms with Crippen molar-refractivity contribution >= 4 is 0 Å². The predicted octanol–water partition coefficient (Wildman–Crippen LogP) is 0.306. The Morgan fingerprint density at radius 2 is 2.29 bits per heavy atom. The first-order valence-electron chi connectivity index (χ1n) is 5.31. The number of hydrogen-bond donors (Lipinski definition) is 1. The molecule has 4 nitrogen and oxygen atoms in total. The van der Waals surface area contributed by atoms with Gasteiger partial charge in [0.25, 0.3) is 0 Å². The summed E-state index contributed by atoms with van der Waals surface area (Å²) in [6, 6.07) is 2.76. The van der Waals surface area contributed by atoms with Crippen LogP contribution in [0.5, 0.6) is 0 Å². The standard InChI is InChI=1S/C10H18N4/c11-4-7-13(10-2-3-10)8-9-14-6-1-5-12-14/h1,5-6,10H,2-4,7-9,11H2. The molecular formula is C10H18N4. The SMILES string of the molecule is NCCN(CCn1cccn1)C1CC1.